The molecule has 0 bridgehead atoms. The van der Waals surface area contributed by atoms with Crippen LogP contribution < -0.4 is 20.7 Å². The van der Waals surface area contributed by atoms with E-state index in [1.54, 1.807) is 30.3 Å². The van der Waals surface area contributed by atoms with Gasteiger partial charge in [-0.25, -0.2) is 4.98 Å². The first-order chi connectivity index (χ1) is 19.2. The molecule has 9 nitrogen and oxygen atoms in total. The number of nitrogens with zero attached hydrogens (tertiary/aromatic N) is 3. The molecule has 1 amide bonds. The second-order valence-electron chi connectivity index (χ2n) is 10.6. The number of thiocarbonyl (C=S) groups is 1. The summed E-state index contributed by atoms with van der Waals surface area (Å²) in [7, 11) is 1.87. The van der Waals surface area contributed by atoms with E-state index in [4.69, 9.17) is 17.0 Å². The molecule has 0 radical (unpaired) electrons. The average Bonchev–Trinajstić information content (AvgIpc) is 3.65. The monoisotopic (exact) mass is 560 g/mol. The van der Waals surface area contributed by atoms with Gasteiger partial charge in [0, 0.05) is 44.2 Å². The van der Waals surface area contributed by atoms with Crippen LogP contribution in [-0.4, -0.2) is 67.9 Å². The Morgan fingerprint density at radius 2 is 2.17 bits per heavy atom. The number of carbonyl (C=O) groups is 1. The summed E-state index contributed by atoms with van der Waals surface area (Å²) in [5, 5.41) is 21.2. The Kier molecular flexibility index (Phi) is 7.76. The highest BCUT2D eigenvalue weighted by Gasteiger charge is 2.55. The normalized spacial score (nSPS) is 22.1. The maximum atomic E-state index is 12.9. The Hall–Kier alpha value is -3.60. The number of anilines is 2. The van der Waals surface area contributed by atoms with Crippen molar-refractivity contribution in [1.82, 2.24) is 20.2 Å². The van der Waals surface area contributed by atoms with E-state index in [1.165, 1.54) is 0 Å². The number of carbonyl (C=O) groups excluding carboxylic acids is 1. The third-order valence-electron chi connectivity index (χ3n) is 7.99. The Bertz CT molecular complexity index is 1390. The van der Waals surface area contributed by atoms with Crippen LogP contribution >= 0.6 is 12.2 Å². The number of allylic oxidation sites excluding steroid dienone is 3. The molecule has 3 atom stereocenters. The number of nitrogens with one attached hydrogen (secondary N) is 3. The van der Waals surface area contributed by atoms with Crippen molar-refractivity contribution in [2.24, 2.45) is 0 Å². The van der Waals surface area contributed by atoms with Crippen molar-refractivity contribution in [3.8, 4) is 5.75 Å². The minimum Gasteiger partial charge on any atom is -0.475 e. The number of rotatable bonds is 10. The molecule has 0 saturated heterocycles. The van der Waals surface area contributed by atoms with Gasteiger partial charge in [-0.05, 0) is 56.1 Å². The SMILES string of the molecule is C=C/C=C(\C=C/C)C(CN(C(C)=O)C1(C(O)Nc2cnc3c(c2)CC2(C3)Oc3cccnc3NC2=S)CC1)NC. The van der Waals surface area contributed by atoms with Crippen molar-refractivity contribution in [2.45, 2.75) is 62.9 Å². The topological polar surface area (TPSA) is 112 Å². The molecule has 3 heterocycles. The molecule has 40 heavy (non-hydrogen) atoms. The van der Waals surface area contributed by atoms with Crippen molar-refractivity contribution in [3.05, 3.63) is 78.3 Å². The van der Waals surface area contributed by atoms with Crippen LogP contribution in [0.1, 0.15) is 37.9 Å². The van der Waals surface area contributed by atoms with Gasteiger partial charge < -0.3 is 30.7 Å². The number of aliphatic hydroxyl groups excluding tert-OH is 1. The van der Waals surface area contributed by atoms with Crippen molar-refractivity contribution in [2.75, 3.05) is 24.2 Å². The van der Waals surface area contributed by atoms with Crippen LogP contribution in [0.5, 0.6) is 5.75 Å². The van der Waals surface area contributed by atoms with E-state index in [1.807, 2.05) is 50.4 Å². The molecule has 1 spiro atoms. The third-order valence-corrected chi connectivity index (χ3v) is 8.46. The minimum atomic E-state index is -0.968. The van der Waals surface area contributed by atoms with E-state index < -0.39 is 17.4 Å². The predicted molar refractivity (Wildman–Crippen MR) is 160 cm³/mol. The standard InChI is InChI=1S/C30H36N6O3S/c1-5-8-20(9-6-2)24(31-4)18-36(19(3)37)29(11-12-29)27(38)34-22-14-21-15-30(16-23(21)33-17-22)28(40)35-26-25(39-30)10-7-13-32-26/h5-10,13-14,17,24,27,31,34,38H,1,11-12,15-16,18H2,2-4H3,(H,32,35,40)/b9-6-,20-8+. The zero-order valence-corrected chi connectivity index (χ0v) is 23.9. The highest BCUT2D eigenvalue weighted by atomic mass is 32.1. The van der Waals surface area contributed by atoms with E-state index in [9.17, 15) is 9.90 Å². The van der Waals surface area contributed by atoms with Gasteiger partial charge in [0.2, 0.25) is 5.91 Å². The maximum absolute atomic E-state index is 12.9. The summed E-state index contributed by atoms with van der Waals surface area (Å²) < 4.78 is 6.38. The summed E-state index contributed by atoms with van der Waals surface area (Å²) in [6, 6.07) is 5.59. The van der Waals surface area contributed by atoms with Gasteiger partial charge in [-0.1, -0.05) is 43.1 Å². The molecule has 3 aliphatic rings. The van der Waals surface area contributed by atoms with E-state index in [2.05, 4.69) is 32.5 Å². The predicted octanol–water partition coefficient (Wildman–Crippen LogP) is 3.53. The van der Waals surface area contributed by atoms with Crippen LogP contribution in [0.25, 0.3) is 0 Å². The quantitative estimate of drug-likeness (QED) is 0.197. The average molecular weight is 561 g/mol. The number of amides is 1. The molecule has 2 aliphatic carbocycles. The molecule has 1 fully saturated rings. The first-order valence-corrected chi connectivity index (χ1v) is 13.9. The largest absolute Gasteiger partial charge is 0.475 e. The molecule has 1 saturated carbocycles. The molecule has 10 heteroatoms. The van der Waals surface area contributed by atoms with Crippen LogP contribution in [0.4, 0.5) is 11.5 Å². The Balaban J connectivity index is 1.32. The van der Waals surface area contributed by atoms with Gasteiger partial charge in [-0.15, -0.1) is 0 Å². The highest BCUT2D eigenvalue weighted by molar-refractivity contribution is 7.80. The lowest BCUT2D eigenvalue weighted by atomic mass is 9.98. The van der Waals surface area contributed by atoms with Gasteiger partial charge in [-0.3, -0.25) is 9.78 Å². The number of hydrogen-bond donors (Lipinski definition) is 4. The smallest absolute Gasteiger partial charge is 0.220 e. The summed E-state index contributed by atoms with van der Waals surface area (Å²) in [6.07, 6.45) is 12.6. The maximum Gasteiger partial charge on any atom is 0.220 e. The lowest BCUT2D eigenvalue weighted by Gasteiger charge is -2.38. The Morgan fingerprint density at radius 1 is 1.38 bits per heavy atom. The molecule has 4 N–H and O–H groups in total. The molecule has 3 unspecified atom stereocenters. The summed E-state index contributed by atoms with van der Waals surface area (Å²) in [5.41, 5.74) is 2.18. The van der Waals surface area contributed by atoms with E-state index >= 15 is 0 Å². The first kappa shape index (κ1) is 27.9. The third kappa shape index (κ3) is 5.14. The van der Waals surface area contributed by atoms with Gasteiger partial charge in [0.05, 0.1) is 17.4 Å². The summed E-state index contributed by atoms with van der Waals surface area (Å²) >= 11 is 5.69. The summed E-state index contributed by atoms with van der Waals surface area (Å²) in [4.78, 5) is 24.2. The van der Waals surface area contributed by atoms with Crippen LogP contribution in [0.3, 0.4) is 0 Å². The number of aliphatic hydroxyl groups is 1. The van der Waals surface area contributed by atoms with Crippen LogP contribution in [0.2, 0.25) is 0 Å². The van der Waals surface area contributed by atoms with Gasteiger partial charge in [0.25, 0.3) is 0 Å². The van der Waals surface area contributed by atoms with Gasteiger partial charge in [0.15, 0.2) is 17.2 Å². The van der Waals surface area contributed by atoms with Gasteiger partial charge in [-0.2, -0.15) is 0 Å². The van der Waals surface area contributed by atoms with Gasteiger partial charge >= 0.3 is 0 Å². The lowest BCUT2D eigenvalue weighted by molar-refractivity contribution is -0.135. The number of hydrogen-bond acceptors (Lipinski definition) is 8. The number of likely N-dealkylation sites (N-methyl/N-ethyl adjacent to an activating group) is 1. The first-order valence-electron chi connectivity index (χ1n) is 13.5. The molecule has 1 aliphatic heterocycles. The second-order valence-corrected chi connectivity index (χ2v) is 11.0. The number of pyridine rings is 2. The Labute approximate surface area is 240 Å². The van der Waals surface area contributed by atoms with Crippen molar-refractivity contribution in [3.63, 3.8) is 0 Å². The Morgan fingerprint density at radius 3 is 2.85 bits per heavy atom. The fourth-order valence-corrected chi connectivity index (χ4v) is 6.03. The van der Waals surface area contributed by atoms with E-state index in [0.717, 1.165) is 16.8 Å². The molecule has 210 valence electrons. The van der Waals surface area contributed by atoms with Crippen LogP contribution in [-0.2, 0) is 17.6 Å². The molecule has 0 aromatic carbocycles. The molecule has 5 rings (SSSR count). The summed E-state index contributed by atoms with van der Waals surface area (Å²) in [6.45, 7) is 7.74. The number of aromatic nitrogens is 2. The molecular formula is C30H36N6O3S. The number of fused-ring (bicyclic) bond motifs is 2. The van der Waals surface area contributed by atoms with Crippen molar-refractivity contribution in [1.29, 1.82) is 0 Å². The fraction of sp³-hybridized carbons (Fsp3) is 0.400. The lowest BCUT2D eigenvalue weighted by Crippen LogP contribution is -2.55. The molecular weight excluding hydrogens is 524 g/mol. The van der Waals surface area contributed by atoms with E-state index in [-0.39, 0.29) is 11.9 Å². The zero-order chi connectivity index (χ0) is 28.5. The summed E-state index contributed by atoms with van der Waals surface area (Å²) in [5.74, 6) is 1.20. The van der Waals surface area contributed by atoms with Gasteiger partial charge in [0.1, 0.15) is 11.2 Å². The van der Waals surface area contributed by atoms with Crippen LogP contribution in [0, 0.1) is 0 Å². The molecule has 2 aromatic rings. The zero-order valence-electron chi connectivity index (χ0n) is 23.1. The highest BCUT2D eigenvalue weighted by Crippen LogP contribution is 2.46. The number of ether oxygens (including phenoxy) is 1. The van der Waals surface area contributed by atoms with Crippen molar-refractivity contribution < 1.29 is 14.6 Å². The van der Waals surface area contributed by atoms with E-state index in [0.29, 0.717) is 54.5 Å². The van der Waals surface area contributed by atoms with Crippen LogP contribution in [0.15, 0.2) is 67.0 Å². The minimum absolute atomic E-state index is 0.0868. The molecule has 2 aromatic heterocycles. The fourth-order valence-electron chi connectivity index (χ4n) is 5.75. The second kappa shape index (κ2) is 11.1. The van der Waals surface area contributed by atoms with Crippen molar-refractivity contribution >= 4 is 34.6 Å².